The van der Waals surface area contributed by atoms with Crippen molar-refractivity contribution < 1.29 is 19.2 Å². The number of nitro benzene ring substituents is 1. The number of halogens is 1. The number of nitrogens with one attached hydrogen (secondary N) is 1. The van der Waals surface area contributed by atoms with Gasteiger partial charge in [-0.2, -0.15) is 0 Å². The summed E-state index contributed by atoms with van der Waals surface area (Å²) in [6.45, 7) is 3.55. The van der Waals surface area contributed by atoms with Crippen LogP contribution in [0.25, 0.3) is 0 Å². The number of ether oxygens (including phenoxy) is 1. The first-order valence-corrected chi connectivity index (χ1v) is 8.62. The van der Waals surface area contributed by atoms with E-state index >= 15 is 0 Å². The Bertz CT molecular complexity index is 679. The predicted octanol–water partition coefficient (Wildman–Crippen LogP) is 3.49. The van der Waals surface area contributed by atoms with Gasteiger partial charge in [-0.3, -0.25) is 14.9 Å². The van der Waals surface area contributed by atoms with Crippen LogP contribution in [0.5, 0.6) is 0 Å². The second kappa shape index (κ2) is 8.29. The maximum absolute atomic E-state index is 12.3. The normalized spacial score (nSPS) is 21.2. The molecule has 1 fully saturated rings. The number of carbonyl (C=O) groups excluding carboxylic acids is 2. The van der Waals surface area contributed by atoms with Crippen molar-refractivity contribution in [2.24, 2.45) is 5.92 Å². The van der Waals surface area contributed by atoms with Crippen molar-refractivity contribution in [2.75, 3.05) is 0 Å². The molecule has 0 unspecified atom stereocenters. The number of nitrogens with zero attached hydrogens (tertiary/aromatic N) is 1. The molecule has 3 atom stereocenters. The fraction of sp³-hybridized carbons (Fsp3) is 0.529. The number of benzene rings is 1. The molecular formula is C17H21ClN2O5. The van der Waals surface area contributed by atoms with Crippen LogP contribution in [0.2, 0.25) is 5.02 Å². The van der Waals surface area contributed by atoms with E-state index in [-0.39, 0.29) is 28.2 Å². The van der Waals surface area contributed by atoms with E-state index in [2.05, 4.69) is 12.2 Å². The molecule has 0 spiro atoms. The van der Waals surface area contributed by atoms with Crippen molar-refractivity contribution in [2.45, 2.75) is 51.7 Å². The van der Waals surface area contributed by atoms with Crippen LogP contribution < -0.4 is 5.32 Å². The Morgan fingerprint density at radius 3 is 2.68 bits per heavy atom. The van der Waals surface area contributed by atoms with Crippen LogP contribution >= 0.6 is 11.6 Å². The summed E-state index contributed by atoms with van der Waals surface area (Å²) < 4.78 is 5.13. The lowest BCUT2D eigenvalue weighted by molar-refractivity contribution is -0.384. The summed E-state index contributed by atoms with van der Waals surface area (Å²) in [4.78, 5) is 34.6. The number of esters is 1. The third-order valence-electron chi connectivity index (χ3n) is 4.47. The van der Waals surface area contributed by atoms with Gasteiger partial charge in [0.25, 0.3) is 11.6 Å². The van der Waals surface area contributed by atoms with E-state index in [9.17, 15) is 19.7 Å². The molecule has 1 aliphatic carbocycles. The van der Waals surface area contributed by atoms with Crippen LogP contribution in [0.1, 0.15) is 49.9 Å². The number of non-ortho nitro benzene ring substituents is 1. The molecule has 8 heteroatoms. The summed E-state index contributed by atoms with van der Waals surface area (Å²) >= 11 is 5.91. The highest BCUT2D eigenvalue weighted by molar-refractivity contribution is 6.33. The SMILES string of the molecule is C[C@@H](OC(=O)c1cc([N+](=O)[O-])ccc1Cl)C(=O)N[C@@H]1CCCC[C@@H]1C. The standard InChI is InChI=1S/C17H21ClN2O5/c1-10-5-3-4-6-15(10)19-16(21)11(2)25-17(22)13-9-12(20(23)24)7-8-14(13)18/h7-11,15H,3-6H2,1-2H3,(H,19,21)/t10-,11+,15+/m0/s1. The second-order valence-electron chi connectivity index (χ2n) is 6.35. The maximum Gasteiger partial charge on any atom is 0.340 e. The molecule has 7 nitrogen and oxygen atoms in total. The molecule has 0 saturated heterocycles. The van der Waals surface area contributed by atoms with Crippen molar-refractivity contribution in [3.05, 3.63) is 38.9 Å². The molecule has 1 aromatic carbocycles. The molecular weight excluding hydrogens is 348 g/mol. The molecule has 1 aliphatic rings. The first-order chi connectivity index (χ1) is 11.8. The lowest BCUT2D eigenvalue weighted by Crippen LogP contribution is -2.46. The molecule has 0 aromatic heterocycles. The van der Waals surface area contributed by atoms with E-state index in [1.165, 1.54) is 19.1 Å². The number of hydrogen-bond donors (Lipinski definition) is 1. The molecule has 136 valence electrons. The summed E-state index contributed by atoms with van der Waals surface area (Å²) in [6.07, 6.45) is 3.17. The van der Waals surface area contributed by atoms with Crippen LogP contribution in [0.3, 0.4) is 0 Å². The molecule has 2 rings (SSSR count). The third-order valence-corrected chi connectivity index (χ3v) is 4.80. The number of rotatable bonds is 5. The highest BCUT2D eigenvalue weighted by atomic mass is 35.5. The van der Waals surface area contributed by atoms with Gasteiger partial charge >= 0.3 is 5.97 Å². The smallest absolute Gasteiger partial charge is 0.340 e. The quantitative estimate of drug-likeness (QED) is 0.487. The van der Waals surface area contributed by atoms with Gasteiger partial charge in [0.15, 0.2) is 6.10 Å². The first-order valence-electron chi connectivity index (χ1n) is 8.25. The van der Waals surface area contributed by atoms with Crippen LogP contribution in [0, 0.1) is 16.0 Å². The average Bonchev–Trinajstić information content (AvgIpc) is 2.56. The molecule has 0 bridgehead atoms. The first kappa shape index (κ1) is 19.2. The predicted molar refractivity (Wildman–Crippen MR) is 92.5 cm³/mol. The van der Waals surface area contributed by atoms with E-state index in [0.717, 1.165) is 31.7 Å². The van der Waals surface area contributed by atoms with Crippen LogP contribution in [0.4, 0.5) is 5.69 Å². The molecule has 1 amide bonds. The molecule has 0 heterocycles. The number of hydrogen-bond acceptors (Lipinski definition) is 5. The fourth-order valence-corrected chi connectivity index (χ4v) is 3.09. The molecule has 25 heavy (non-hydrogen) atoms. The summed E-state index contributed by atoms with van der Waals surface area (Å²) in [5, 5.41) is 13.8. The van der Waals surface area contributed by atoms with E-state index in [0.29, 0.717) is 5.92 Å². The van der Waals surface area contributed by atoms with Crippen molar-refractivity contribution >= 4 is 29.2 Å². The largest absolute Gasteiger partial charge is 0.449 e. The van der Waals surface area contributed by atoms with Gasteiger partial charge in [-0.1, -0.05) is 31.4 Å². The zero-order valence-corrected chi connectivity index (χ0v) is 14.9. The summed E-state index contributed by atoms with van der Waals surface area (Å²) in [7, 11) is 0. The summed E-state index contributed by atoms with van der Waals surface area (Å²) in [5.74, 6) is -0.867. The van der Waals surface area contributed by atoms with Crippen LogP contribution in [-0.2, 0) is 9.53 Å². The molecule has 1 N–H and O–H groups in total. The molecule has 0 aliphatic heterocycles. The minimum atomic E-state index is -1.02. The van der Waals surface area contributed by atoms with Crippen molar-refractivity contribution in [3.63, 3.8) is 0 Å². The zero-order valence-electron chi connectivity index (χ0n) is 14.2. The van der Waals surface area contributed by atoms with Gasteiger partial charge in [0.1, 0.15) is 0 Å². The highest BCUT2D eigenvalue weighted by Gasteiger charge is 2.27. The number of carbonyl (C=O) groups is 2. The minimum absolute atomic E-state index is 0.0316. The van der Waals surface area contributed by atoms with Gasteiger partial charge in [-0.15, -0.1) is 0 Å². The summed E-state index contributed by atoms with van der Waals surface area (Å²) in [6, 6.07) is 3.56. The van der Waals surface area contributed by atoms with E-state index in [4.69, 9.17) is 16.3 Å². The molecule has 0 radical (unpaired) electrons. The van der Waals surface area contributed by atoms with Gasteiger partial charge in [0.05, 0.1) is 15.5 Å². The third kappa shape index (κ3) is 4.92. The Labute approximate surface area is 150 Å². The monoisotopic (exact) mass is 368 g/mol. The highest BCUT2D eigenvalue weighted by Crippen LogP contribution is 2.25. The Morgan fingerprint density at radius 1 is 1.36 bits per heavy atom. The lowest BCUT2D eigenvalue weighted by atomic mass is 9.86. The van der Waals surface area contributed by atoms with Gasteiger partial charge in [0, 0.05) is 18.2 Å². The van der Waals surface area contributed by atoms with E-state index < -0.39 is 17.0 Å². The minimum Gasteiger partial charge on any atom is -0.449 e. The van der Waals surface area contributed by atoms with Gasteiger partial charge in [-0.25, -0.2) is 4.79 Å². The maximum atomic E-state index is 12.3. The van der Waals surface area contributed by atoms with Crippen LogP contribution in [0.15, 0.2) is 18.2 Å². The number of amides is 1. The molecule has 1 saturated carbocycles. The van der Waals surface area contributed by atoms with Crippen LogP contribution in [-0.4, -0.2) is 28.9 Å². The Morgan fingerprint density at radius 2 is 2.04 bits per heavy atom. The lowest BCUT2D eigenvalue weighted by Gasteiger charge is -2.30. The van der Waals surface area contributed by atoms with Gasteiger partial charge in [-0.05, 0) is 31.7 Å². The van der Waals surface area contributed by atoms with Crippen molar-refractivity contribution in [1.29, 1.82) is 0 Å². The van der Waals surface area contributed by atoms with E-state index in [1.54, 1.807) is 0 Å². The number of nitro groups is 1. The topological polar surface area (TPSA) is 98.5 Å². The fourth-order valence-electron chi connectivity index (χ4n) is 2.89. The molecule has 1 aromatic rings. The Hall–Kier alpha value is -2.15. The van der Waals surface area contributed by atoms with Crippen molar-refractivity contribution in [3.8, 4) is 0 Å². The summed E-state index contributed by atoms with van der Waals surface area (Å²) in [5.41, 5.74) is -0.411. The van der Waals surface area contributed by atoms with Gasteiger partial charge in [0.2, 0.25) is 0 Å². The average molecular weight is 369 g/mol. The Balaban J connectivity index is 2.00. The Kier molecular flexibility index (Phi) is 6.36. The van der Waals surface area contributed by atoms with E-state index in [1.807, 2.05) is 0 Å². The van der Waals surface area contributed by atoms with Gasteiger partial charge < -0.3 is 10.1 Å². The second-order valence-corrected chi connectivity index (χ2v) is 6.75. The zero-order chi connectivity index (χ0) is 18.6. The van der Waals surface area contributed by atoms with Crippen molar-refractivity contribution in [1.82, 2.24) is 5.32 Å².